The van der Waals surface area contributed by atoms with Crippen LogP contribution < -0.4 is 10.1 Å². The van der Waals surface area contributed by atoms with E-state index in [1.165, 1.54) is 49.7 Å². The van der Waals surface area contributed by atoms with E-state index in [1.807, 2.05) is 0 Å². The van der Waals surface area contributed by atoms with E-state index in [4.69, 9.17) is 4.74 Å². The number of ether oxygens (including phenoxy) is 1. The Balaban J connectivity index is 1.65. The molecule has 2 unspecified atom stereocenters. The zero-order chi connectivity index (χ0) is 14.7. The molecule has 1 aliphatic carbocycles. The number of rotatable bonds is 5. The highest BCUT2D eigenvalue weighted by molar-refractivity contribution is 5.40. The van der Waals surface area contributed by atoms with Gasteiger partial charge in [0, 0.05) is 18.5 Å². The summed E-state index contributed by atoms with van der Waals surface area (Å²) >= 11 is 0. The number of hydrogen-bond donors (Lipinski definition) is 1. The van der Waals surface area contributed by atoms with Gasteiger partial charge >= 0.3 is 0 Å². The summed E-state index contributed by atoms with van der Waals surface area (Å²) in [7, 11) is 0. The first-order valence-electron chi connectivity index (χ1n) is 8.79. The Morgan fingerprint density at radius 2 is 2.05 bits per heavy atom. The van der Waals surface area contributed by atoms with E-state index in [0.29, 0.717) is 12.1 Å². The van der Waals surface area contributed by atoms with Gasteiger partial charge in [0.15, 0.2) is 0 Å². The number of nitrogens with one attached hydrogen (secondary N) is 1. The van der Waals surface area contributed by atoms with Gasteiger partial charge < -0.3 is 10.1 Å². The Morgan fingerprint density at radius 3 is 2.81 bits per heavy atom. The van der Waals surface area contributed by atoms with Crippen molar-refractivity contribution in [2.24, 2.45) is 5.92 Å². The number of hydrogen-bond acceptors (Lipinski definition) is 2. The standard InChI is InChI=1S/C19H29NO/c1-3-18(15-7-5-4-6-8-15)20-14(2)16-9-10-19-17(13-16)11-12-21-19/h9-10,13-15,18,20H,3-8,11-12H2,1-2H3. The minimum absolute atomic E-state index is 0.433. The zero-order valence-corrected chi connectivity index (χ0v) is 13.5. The van der Waals surface area contributed by atoms with Gasteiger partial charge in [0.2, 0.25) is 0 Å². The second kappa shape index (κ2) is 6.83. The van der Waals surface area contributed by atoms with Crippen molar-refractivity contribution in [2.75, 3.05) is 6.61 Å². The van der Waals surface area contributed by atoms with Crippen molar-refractivity contribution in [3.05, 3.63) is 29.3 Å². The third kappa shape index (κ3) is 3.42. The van der Waals surface area contributed by atoms with Crippen LogP contribution in [0.25, 0.3) is 0 Å². The van der Waals surface area contributed by atoms with Crippen molar-refractivity contribution >= 4 is 0 Å². The third-order valence-electron chi connectivity index (χ3n) is 5.34. The van der Waals surface area contributed by atoms with Crippen LogP contribution in [0.15, 0.2) is 18.2 Å². The predicted octanol–water partition coefficient (Wildman–Crippen LogP) is 4.63. The van der Waals surface area contributed by atoms with Crippen LogP contribution in [0.1, 0.15) is 69.5 Å². The first-order valence-corrected chi connectivity index (χ1v) is 8.79. The molecule has 1 aliphatic heterocycles. The molecule has 21 heavy (non-hydrogen) atoms. The lowest BCUT2D eigenvalue weighted by Crippen LogP contribution is -2.38. The van der Waals surface area contributed by atoms with Gasteiger partial charge in [0.1, 0.15) is 5.75 Å². The van der Waals surface area contributed by atoms with Crippen molar-refractivity contribution < 1.29 is 4.74 Å². The highest BCUT2D eigenvalue weighted by Gasteiger charge is 2.24. The zero-order valence-electron chi connectivity index (χ0n) is 13.5. The molecular formula is C19H29NO. The molecule has 0 spiro atoms. The molecule has 1 N–H and O–H groups in total. The van der Waals surface area contributed by atoms with Gasteiger partial charge in [-0.3, -0.25) is 0 Å². The first kappa shape index (κ1) is 14.9. The van der Waals surface area contributed by atoms with Gasteiger partial charge in [0.25, 0.3) is 0 Å². The summed E-state index contributed by atoms with van der Waals surface area (Å²) in [6, 6.07) is 7.83. The van der Waals surface area contributed by atoms with Gasteiger partial charge in [-0.1, -0.05) is 38.3 Å². The molecule has 2 heteroatoms. The SMILES string of the molecule is CCC(NC(C)c1ccc2c(c1)CCO2)C1CCCCC1. The topological polar surface area (TPSA) is 21.3 Å². The smallest absolute Gasteiger partial charge is 0.122 e. The average Bonchev–Trinajstić information content (AvgIpc) is 3.00. The fraction of sp³-hybridized carbons (Fsp3) is 0.684. The monoisotopic (exact) mass is 287 g/mol. The third-order valence-corrected chi connectivity index (χ3v) is 5.34. The molecule has 1 fully saturated rings. The van der Waals surface area contributed by atoms with Crippen LogP contribution >= 0.6 is 0 Å². The number of benzene rings is 1. The summed E-state index contributed by atoms with van der Waals surface area (Å²) in [6.07, 6.45) is 9.42. The molecule has 116 valence electrons. The average molecular weight is 287 g/mol. The van der Waals surface area contributed by atoms with Gasteiger partial charge in [-0.05, 0) is 49.3 Å². The van der Waals surface area contributed by atoms with Crippen molar-refractivity contribution in [1.29, 1.82) is 0 Å². The second-order valence-electron chi connectivity index (χ2n) is 6.77. The lowest BCUT2D eigenvalue weighted by molar-refractivity contribution is 0.249. The molecule has 3 rings (SSSR count). The largest absolute Gasteiger partial charge is 0.493 e. The highest BCUT2D eigenvalue weighted by atomic mass is 16.5. The molecule has 0 amide bonds. The van der Waals surface area contributed by atoms with E-state index in [-0.39, 0.29) is 0 Å². The van der Waals surface area contributed by atoms with Crippen molar-refractivity contribution in [3.63, 3.8) is 0 Å². The summed E-state index contributed by atoms with van der Waals surface area (Å²) in [5.41, 5.74) is 2.79. The maximum Gasteiger partial charge on any atom is 0.122 e. The molecule has 1 aromatic rings. The summed E-state index contributed by atoms with van der Waals surface area (Å²) in [4.78, 5) is 0. The Hall–Kier alpha value is -1.02. The Morgan fingerprint density at radius 1 is 1.24 bits per heavy atom. The molecule has 0 saturated heterocycles. The maximum atomic E-state index is 5.61. The van der Waals surface area contributed by atoms with E-state index >= 15 is 0 Å². The molecule has 0 bridgehead atoms. The molecule has 0 aromatic heterocycles. The molecule has 1 saturated carbocycles. The molecule has 0 radical (unpaired) electrons. The molecule has 2 atom stereocenters. The lowest BCUT2D eigenvalue weighted by atomic mass is 9.82. The summed E-state index contributed by atoms with van der Waals surface area (Å²) in [5.74, 6) is 1.97. The molecule has 2 nitrogen and oxygen atoms in total. The quantitative estimate of drug-likeness (QED) is 0.852. The van der Waals surface area contributed by atoms with Crippen LogP contribution in [0.3, 0.4) is 0 Å². The van der Waals surface area contributed by atoms with E-state index in [2.05, 4.69) is 37.4 Å². The minimum Gasteiger partial charge on any atom is -0.493 e. The van der Waals surface area contributed by atoms with Gasteiger partial charge in [0.05, 0.1) is 6.61 Å². The van der Waals surface area contributed by atoms with E-state index < -0.39 is 0 Å². The normalized spacial score (nSPS) is 21.6. The predicted molar refractivity (Wildman–Crippen MR) is 87.8 cm³/mol. The van der Waals surface area contributed by atoms with Crippen LogP contribution in [0.4, 0.5) is 0 Å². The fourth-order valence-corrected chi connectivity index (χ4v) is 4.02. The van der Waals surface area contributed by atoms with E-state index in [9.17, 15) is 0 Å². The first-order chi connectivity index (χ1) is 10.3. The Labute approximate surface area is 129 Å². The van der Waals surface area contributed by atoms with Gasteiger partial charge in [-0.2, -0.15) is 0 Å². The van der Waals surface area contributed by atoms with Crippen LogP contribution in [0.2, 0.25) is 0 Å². The van der Waals surface area contributed by atoms with Gasteiger partial charge in [-0.15, -0.1) is 0 Å². The summed E-state index contributed by atoms with van der Waals surface area (Å²) < 4.78 is 5.61. The van der Waals surface area contributed by atoms with Crippen molar-refractivity contribution in [2.45, 2.75) is 70.9 Å². The second-order valence-corrected chi connectivity index (χ2v) is 6.77. The fourth-order valence-electron chi connectivity index (χ4n) is 4.02. The van der Waals surface area contributed by atoms with Crippen molar-refractivity contribution in [3.8, 4) is 5.75 Å². The minimum atomic E-state index is 0.433. The summed E-state index contributed by atoms with van der Waals surface area (Å²) in [6.45, 7) is 5.48. The van der Waals surface area contributed by atoms with Crippen LogP contribution in [-0.4, -0.2) is 12.6 Å². The van der Waals surface area contributed by atoms with Crippen LogP contribution in [-0.2, 0) is 6.42 Å². The lowest BCUT2D eigenvalue weighted by Gasteiger charge is -2.32. The molecular weight excluding hydrogens is 258 g/mol. The highest BCUT2D eigenvalue weighted by Crippen LogP contribution is 2.31. The molecule has 1 heterocycles. The maximum absolute atomic E-state index is 5.61. The van der Waals surface area contributed by atoms with E-state index in [0.717, 1.165) is 24.7 Å². The Bertz CT molecular complexity index is 465. The molecule has 2 aliphatic rings. The van der Waals surface area contributed by atoms with Crippen LogP contribution in [0, 0.1) is 5.92 Å². The Kier molecular flexibility index (Phi) is 4.84. The summed E-state index contributed by atoms with van der Waals surface area (Å²) in [5, 5.41) is 3.90. The van der Waals surface area contributed by atoms with E-state index in [1.54, 1.807) is 0 Å². The molecule has 1 aromatic carbocycles. The van der Waals surface area contributed by atoms with Crippen LogP contribution in [0.5, 0.6) is 5.75 Å². The van der Waals surface area contributed by atoms with Gasteiger partial charge in [-0.25, -0.2) is 0 Å². The number of fused-ring (bicyclic) bond motifs is 1. The van der Waals surface area contributed by atoms with Crippen molar-refractivity contribution in [1.82, 2.24) is 5.32 Å².